The molecule has 10 heteroatoms. The zero-order valence-electron chi connectivity index (χ0n) is 20.2. The van der Waals surface area contributed by atoms with Crippen molar-refractivity contribution < 1.29 is 24.5 Å². The number of halogens is 1. The monoisotopic (exact) mass is 492 g/mol. The molecule has 0 saturated carbocycles. The molecule has 9 nitrogen and oxygen atoms in total. The van der Waals surface area contributed by atoms with E-state index in [-0.39, 0.29) is 0 Å². The summed E-state index contributed by atoms with van der Waals surface area (Å²) in [7, 11) is 1.58. The molecule has 1 aliphatic heterocycles. The first-order valence-electron chi connectivity index (χ1n) is 10.8. The zero-order valence-corrected chi connectivity index (χ0v) is 20.9. The first-order valence-corrected chi connectivity index (χ1v) is 11.2. The van der Waals surface area contributed by atoms with Gasteiger partial charge in [0.1, 0.15) is 5.75 Å². The maximum atomic E-state index is 12.4. The van der Waals surface area contributed by atoms with Crippen LogP contribution in [0.15, 0.2) is 36.4 Å². The number of carbonyl (C=O) groups is 2. The van der Waals surface area contributed by atoms with Crippen LogP contribution in [0.5, 0.6) is 5.75 Å². The second-order valence-electron chi connectivity index (χ2n) is 8.86. The number of carboxylic acid groups (broad SMARTS) is 1. The smallest absolute Gasteiger partial charge is 0.407 e. The molecule has 0 atom stereocenters. The van der Waals surface area contributed by atoms with Crippen LogP contribution in [-0.4, -0.2) is 66.1 Å². The summed E-state index contributed by atoms with van der Waals surface area (Å²) in [5.74, 6) is 0.657. The van der Waals surface area contributed by atoms with Gasteiger partial charge in [-0.25, -0.2) is 9.59 Å². The van der Waals surface area contributed by atoms with Crippen LogP contribution in [0.2, 0.25) is 5.02 Å². The molecule has 1 fully saturated rings. The fraction of sp³-hybridized carbons (Fsp3) is 0.417. The maximum Gasteiger partial charge on any atom is 0.407 e. The fourth-order valence-electron chi connectivity index (χ4n) is 3.12. The van der Waals surface area contributed by atoms with E-state index in [0.717, 1.165) is 11.3 Å². The highest BCUT2D eigenvalue weighted by Crippen LogP contribution is 2.32. The number of ether oxygens (including phenoxy) is 1. The lowest BCUT2D eigenvalue weighted by Gasteiger charge is -2.35. The van der Waals surface area contributed by atoms with E-state index < -0.39 is 17.7 Å². The fourth-order valence-corrected chi connectivity index (χ4v) is 3.30. The van der Waals surface area contributed by atoms with Gasteiger partial charge in [-0.15, -0.1) is 0 Å². The van der Waals surface area contributed by atoms with Gasteiger partial charge in [0, 0.05) is 42.6 Å². The molecule has 34 heavy (non-hydrogen) atoms. The maximum absolute atomic E-state index is 12.4. The number of carbonyl (C=O) groups excluding carboxylic acids is 1. The standard InChI is InChI=1S/C20H23ClN4O4.C4H10O/c1-13-3-4-14(11-16(13)21)22-19(26)23-15-5-6-18(29-2)17(12-15)24-7-9-25(10-8-24)20(27)28;1-4(2,3)5/h3-6,11-12H,7-10H2,1-2H3,(H,27,28)(H2,22,23,26);5H,1-3H3. The third-order valence-electron chi connectivity index (χ3n) is 4.76. The van der Waals surface area contributed by atoms with Crippen LogP contribution in [0.25, 0.3) is 0 Å². The van der Waals surface area contributed by atoms with Crippen LogP contribution in [-0.2, 0) is 0 Å². The Morgan fingerprint density at radius 1 is 1.00 bits per heavy atom. The molecule has 0 radical (unpaired) electrons. The molecule has 1 saturated heterocycles. The Labute approximate surface area is 205 Å². The van der Waals surface area contributed by atoms with E-state index in [1.807, 2.05) is 24.0 Å². The molecule has 1 heterocycles. The molecule has 0 aliphatic carbocycles. The first kappa shape index (κ1) is 27.1. The van der Waals surface area contributed by atoms with Crippen molar-refractivity contribution in [3.8, 4) is 5.75 Å². The topological polar surface area (TPSA) is 114 Å². The van der Waals surface area contributed by atoms with Gasteiger partial charge >= 0.3 is 12.1 Å². The molecular weight excluding hydrogens is 460 g/mol. The summed E-state index contributed by atoms with van der Waals surface area (Å²) in [5.41, 5.74) is 2.42. The Balaban J connectivity index is 0.000000739. The number of nitrogens with one attached hydrogen (secondary N) is 2. The minimum Gasteiger partial charge on any atom is -0.495 e. The van der Waals surface area contributed by atoms with Gasteiger partial charge in [0.15, 0.2) is 0 Å². The lowest BCUT2D eigenvalue weighted by molar-refractivity contribution is 0.102. The number of benzene rings is 2. The largest absolute Gasteiger partial charge is 0.495 e. The predicted molar refractivity (Wildman–Crippen MR) is 136 cm³/mol. The molecule has 0 bridgehead atoms. The Kier molecular flexibility index (Phi) is 9.40. The SMILES string of the molecule is CC(C)(C)O.COc1ccc(NC(=O)Nc2ccc(C)c(Cl)c2)cc1N1CCN(C(=O)O)CC1. The Morgan fingerprint density at radius 2 is 1.53 bits per heavy atom. The third kappa shape index (κ3) is 8.64. The molecule has 0 aromatic heterocycles. The lowest BCUT2D eigenvalue weighted by Crippen LogP contribution is -2.48. The van der Waals surface area contributed by atoms with Crippen LogP contribution in [0, 0.1) is 6.92 Å². The Morgan fingerprint density at radius 3 is 2.03 bits per heavy atom. The molecule has 0 unspecified atom stereocenters. The van der Waals surface area contributed by atoms with Crippen molar-refractivity contribution >= 4 is 40.8 Å². The average molecular weight is 493 g/mol. The molecule has 3 rings (SSSR count). The zero-order chi connectivity index (χ0) is 25.5. The summed E-state index contributed by atoms with van der Waals surface area (Å²) in [6.45, 7) is 9.02. The minimum absolute atomic E-state index is 0.392. The quantitative estimate of drug-likeness (QED) is 0.483. The second-order valence-corrected chi connectivity index (χ2v) is 9.26. The molecule has 1 aliphatic rings. The van der Waals surface area contributed by atoms with Crippen molar-refractivity contribution in [3.05, 3.63) is 47.0 Å². The number of anilines is 3. The second kappa shape index (κ2) is 11.8. The lowest BCUT2D eigenvalue weighted by atomic mass is 10.2. The van der Waals surface area contributed by atoms with Gasteiger partial charge in [-0.1, -0.05) is 17.7 Å². The number of piperazine rings is 1. The summed E-state index contributed by atoms with van der Waals surface area (Å²) >= 11 is 6.10. The van der Waals surface area contributed by atoms with Crippen LogP contribution in [0.1, 0.15) is 26.3 Å². The molecule has 2 aromatic rings. The number of nitrogens with zero attached hydrogens (tertiary/aromatic N) is 2. The van der Waals surface area contributed by atoms with Crippen molar-refractivity contribution in [2.24, 2.45) is 0 Å². The van der Waals surface area contributed by atoms with Crippen LogP contribution in [0.4, 0.5) is 26.7 Å². The number of hydrogen-bond donors (Lipinski definition) is 4. The molecule has 2 aromatic carbocycles. The van der Waals surface area contributed by atoms with Crippen molar-refractivity contribution in [1.82, 2.24) is 4.90 Å². The van der Waals surface area contributed by atoms with E-state index in [1.165, 1.54) is 4.90 Å². The Bertz CT molecular complexity index is 995. The highest BCUT2D eigenvalue weighted by molar-refractivity contribution is 6.31. The number of methoxy groups -OCH3 is 1. The van der Waals surface area contributed by atoms with Crippen LogP contribution >= 0.6 is 11.6 Å². The summed E-state index contributed by atoms with van der Waals surface area (Å²) in [5, 5.41) is 23.8. The highest BCUT2D eigenvalue weighted by atomic mass is 35.5. The van der Waals surface area contributed by atoms with Gasteiger partial charge in [-0.2, -0.15) is 0 Å². The van der Waals surface area contributed by atoms with Gasteiger partial charge < -0.3 is 35.4 Å². The number of aryl methyl sites for hydroxylation is 1. The van der Waals surface area contributed by atoms with Gasteiger partial charge in [0.25, 0.3) is 0 Å². The van der Waals surface area contributed by atoms with Crippen molar-refractivity contribution in [2.75, 3.05) is 48.8 Å². The third-order valence-corrected chi connectivity index (χ3v) is 5.16. The molecule has 186 valence electrons. The summed E-state index contributed by atoms with van der Waals surface area (Å²) in [4.78, 5) is 26.9. The van der Waals surface area contributed by atoms with E-state index in [1.54, 1.807) is 52.1 Å². The molecule has 0 spiro atoms. The van der Waals surface area contributed by atoms with Crippen LogP contribution in [0.3, 0.4) is 0 Å². The van der Waals surface area contributed by atoms with Crippen molar-refractivity contribution in [1.29, 1.82) is 0 Å². The molecule has 4 N–H and O–H groups in total. The first-order chi connectivity index (χ1) is 15.9. The predicted octanol–water partition coefficient (Wildman–Crippen LogP) is 4.88. The number of amides is 3. The van der Waals surface area contributed by atoms with E-state index in [0.29, 0.717) is 48.3 Å². The Hall–Kier alpha value is -3.17. The minimum atomic E-state index is -0.917. The summed E-state index contributed by atoms with van der Waals surface area (Å²) in [6, 6.07) is 10.3. The summed E-state index contributed by atoms with van der Waals surface area (Å²) < 4.78 is 5.44. The van der Waals surface area contributed by atoms with E-state index in [9.17, 15) is 9.59 Å². The van der Waals surface area contributed by atoms with Gasteiger partial charge in [-0.05, 0) is 63.6 Å². The number of aliphatic hydroxyl groups is 1. The molecule has 3 amide bonds. The normalized spacial score (nSPS) is 13.5. The van der Waals surface area contributed by atoms with Gasteiger partial charge in [0.05, 0.1) is 18.4 Å². The number of rotatable bonds is 4. The highest BCUT2D eigenvalue weighted by Gasteiger charge is 2.23. The van der Waals surface area contributed by atoms with Crippen LogP contribution < -0.4 is 20.3 Å². The van der Waals surface area contributed by atoms with Crippen molar-refractivity contribution in [2.45, 2.75) is 33.3 Å². The van der Waals surface area contributed by atoms with Gasteiger partial charge in [-0.3, -0.25) is 0 Å². The number of urea groups is 1. The number of hydrogen-bond acceptors (Lipinski definition) is 5. The summed E-state index contributed by atoms with van der Waals surface area (Å²) in [6.07, 6.45) is -0.917. The average Bonchev–Trinajstić information content (AvgIpc) is 2.75. The van der Waals surface area contributed by atoms with Crippen molar-refractivity contribution in [3.63, 3.8) is 0 Å². The van der Waals surface area contributed by atoms with Gasteiger partial charge in [0.2, 0.25) is 0 Å². The molecular formula is C24H33ClN4O5. The van der Waals surface area contributed by atoms with E-state index in [4.69, 9.17) is 26.6 Å². The van der Waals surface area contributed by atoms with E-state index in [2.05, 4.69) is 10.6 Å². The van der Waals surface area contributed by atoms with E-state index >= 15 is 0 Å².